The highest BCUT2D eigenvalue weighted by Crippen LogP contribution is 2.23. The van der Waals surface area contributed by atoms with Gasteiger partial charge >= 0.3 is 0 Å². The molecule has 6 heteroatoms. The van der Waals surface area contributed by atoms with Crippen LogP contribution < -0.4 is 4.74 Å². The van der Waals surface area contributed by atoms with Crippen LogP contribution in [0.25, 0.3) is 11.1 Å². The molecule has 0 spiro atoms. The van der Waals surface area contributed by atoms with E-state index in [0.717, 1.165) is 24.0 Å². The maximum Gasteiger partial charge on any atom is 0.260 e. The van der Waals surface area contributed by atoms with Crippen LogP contribution >= 0.6 is 0 Å². The SMILES string of the molecule is CN(C(=O)COc1c[c]cc(-c2cnn(C)c2)c1)C1CCOCC1. The molecule has 1 radical (unpaired) electrons. The molecule has 0 bridgehead atoms. The van der Waals surface area contributed by atoms with Crippen molar-refractivity contribution < 1.29 is 14.3 Å². The molecule has 2 heterocycles. The molecule has 3 rings (SSSR count). The summed E-state index contributed by atoms with van der Waals surface area (Å²) in [5.74, 6) is 0.610. The van der Waals surface area contributed by atoms with Crippen LogP contribution in [0.2, 0.25) is 0 Å². The summed E-state index contributed by atoms with van der Waals surface area (Å²) < 4.78 is 12.7. The van der Waals surface area contributed by atoms with Crippen molar-refractivity contribution in [2.75, 3.05) is 26.9 Å². The Morgan fingerprint density at radius 2 is 2.21 bits per heavy atom. The minimum atomic E-state index is -0.0197. The average molecular weight is 328 g/mol. The van der Waals surface area contributed by atoms with Crippen molar-refractivity contribution in [3.05, 3.63) is 36.7 Å². The molecule has 1 fully saturated rings. The van der Waals surface area contributed by atoms with Crippen LogP contribution in [-0.4, -0.2) is 53.5 Å². The Hall–Kier alpha value is -2.34. The number of benzene rings is 1. The molecule has 1 aliphatic heterocycles. The summed E-state index contributed by atoms with van der Waals surface area (Å²) >= 11 is 0. The lowest BCUT2D eigenvalue weighted by molar-refractivity contribution is -0.135. The van der Waals surface area contributed by atoms with Crippen molar-refractivity contribution >= 4 is 5.91 Å². The first-order valence-electron chi connectivity index (χ1n) is 8.10. The van der Waals surface area contributed by atoms with E-state index >= 15 is 0 Å². The number of nitrogens with zero attached hydrogens (tertiary/aromatic N) is 3. The molecule has 0 atom stereocenters. The van der Waals surface area contributed by atoms with Gasteiger partial charge in [-0.3, -0.25) is 9.48 Å². The number of carbonyl (C=O) groups excluding carboxylic acids is 1. The molecule has 1 saturated heterocycles. The molecular formula is C18H22N3O3. The van der Waals surface area contributed by atoms with E-state index in [1.165, 1.54) is 0 Å². The molecule has 1 amide bonds. The van der Waals surface area contributed by atoms with Crippen LogP contribution in [0.1, 0.15) is 12.8 Å². The standard InChI is InChI=1S/C18H22N3O3/c1-20-12-15(11-19-20)14-4-3-5-17(10-14)24-13-18(22)21(2)16-6-8-23-9-7-16/h4-5,10-12,16H,6-9,13H2,1-2H3. The van der Waals surface area contributed by atoms with Crippen molar-refractivity contribution in [2.24, 2.45) is 7.05 Å². The van der Waals surface area contributed by atoms with Gasteiger partial charge in [-0.05, 0) is 42.7 Å². The van der Waals surface area contributed by atoms with Crippen molar-refractivity contribution in [2.45, 2.75) is 18.9 Å². The number of ether oxygens (including phenoxy) is 2. The second-order valence-corrected chi connectivity index (χ2v) is 6.00. The molecule has 1 aromatic carbocycles. The molecule has 1 aliphatic rings. The highest BCUT2D eigenvalue weighted by Gasteiger charge is 2.22. The molecule has 1 aromatic heterocycles. The second kappa shape index (κ2) is 7.49. The molecule has 127 valence electrons. The van der Waals surface area contributed by atoms with Gasteiger partial charge in [0.15, 0.2) is 6.61 Å². The Morgan fingerprint density at radius 1 is 1.42 bits per heavy atom. The van der Waals surface area contributed by atoms with Gasteiger partial charge in [-0.15, -0.1) is 0 Å². The topological polar surface area (TPSA) is 56.6 Å². The Labute approximate surface area is 142 Å². The highest BCUT2D eigenvalue weighted by atomic mass is 16.5. The van der Waals surface area contributed by atoms with Crippen LogP contribution in [-0.2, 0) is 16.6 Å². The summed E-state index contributed by atoms with van der Waals surface area (Å²) in [5.41, 5.74) is 1.95. The largest absolute Gasteiger partial charge is 0.484 e. The van der Waals surface area contributed by atoms with E-state index in [9.17, 15) is 4.79 Å². The Bertz CT molecular complexity index is 692. The van der Waals surface area contributed by atoms with E-state index in [2.05, 4.69) is 11.2 Å². The van der Waals surface area contributed by atoms with Crippen LogP contribution in [0.5, 0.6) is 5.75 Å². The lowest BCUT2D eigenvalue weighted by atomic mass is 10.1. The monoisotopic (exact) mass is 328 g/mol. The minimum Gasteiger partial charge on any atom is -0.484 e. The van der Waals surface area contributed by atoms with Crippen molar-refractivity contribution in [3.8, 4) is 16.9 Å². The zero-order chi connectivity index (χ0) is 16.9. The summed E-state index contributed by atoms with van der Waals surface area (Å²) in [6.45, 7) is 1.45. The van der Waals surface area contributed by atoms with Gasteiger partial charge in [0.25, 0.3) is 5.91 Å². The number of hydrogen-bond acceptors (Lipinski definition) is 4. The number of carbonyl (C=O) groups is 1. The number of aromatic nitrogens is 2. The Morgan fingerprint density at radius 3 is 2.92 bits per heavy atom. The fraction of sp³-hybridized carbons (Fsp3) is 0.444. The fourth-order valence-electron chi connectivity index (χ4n) is 2.79. The quantitative estimate of drug-likeness (QED) is 0.841. The number of likely N-dealkylation sites (N-methyl/N-ethyl adjacent to an activating group) is 1. The summed E-state index contributed by atoms with van der Waals surface area (Å²) in [6.07, 6.45) is 5.48. The van der Waals surface area contributed by atoms with Gasteiger partial charge < -0.3 is 14.4 Å². The lowest BCUT2D eigenvalue weighted by Gasteiger charge is -2.31. The number of rotatable bonds is 5. The molecule has 0 unspecified atom stereocenters. The summed E-state index contributed by atoms with van der Waals surface area (Å²) in [6, 6.07) is 8.80. The van der Waals surface area contributed by atoms with Gasteiger partial charge in [-0.1, -0.05) is 0 Å². The third-order valence-corrected chi connectivity index (χ3v) is 4.29. The predicted molar refractivity (Wildman–Crippen MR) is 89.6 cm³/mol. The van der Waals surface area contributed by atoms with E-state index < -0.39 is 0 Å². The summed E-state index contributed by atoms with van der Waals surface area (Å²) in [5, 5.41) is 4.16. The van der Waals surface area contributed by atoms with E-state index in [1.807, 2.05) is 32.4 Å². The Balaban J connectivity index is 1.59. The number of amides is 1. The fourth-order valence-corrected chi connectivity index (χ4v) is 2.79. The first kappa shape index (κ1) is 16.5. The van der Waals surface area contributed by atoms with Gasteiger partial charge in [0.1, 0.15) is 5.75 Å². The van der Waals surface area contributed by atoms with E-state index in [-0.39, 0.29) is 18.6 Å². The van der Waals surface area contributed by atoms with E-state index in [1.54, 1.807) is 21.8 Å². The van der Waals surface area contributed by atoms with Crippen molar-refractivity contribution in [1.82, 2.24) is 14.7 Å². The normalized spacial score (nSPS) is 15.2. The molecular weight excluding hydrogens is 306 g/mol. The summed E-state index contributed by atoms with van der Waals surface area (Å²) in [7, 11) is 3.71. The Kier molecular flexibility index (Phi) is 5.15. The smallest absolute Gasteiger partial charge is 0.260 e. The first-order valence-corrected chi connectivity index (χ1v) is 8.10. The van der Waals surface area contributed by atoms with E-state index in [4.69, 9.17) is 9.47 Å². The van der Waals surface area contributed by atoms with Gasteiger partial charge in [0.05, 0.1) is 6.20 Å². The van der Waals surface area contributed by atoms with Gasteiger partial charge in [-0.25, -0.2) is 0 Å². The van der Waals surface area contributed by atoms with Gasteiger partial charge in [-0.2, -0.15) is 5.10 Å². The molecule has 0 aliphatic carbocycles. The van der Waals surface area contributed by atoms with E-state index in [0.29, 0.717) is 19.0 Å². The first-order chi connectivity index (χ1) is 11.6. The lowest BCUT2D eigenvalue weighted by Crippen LogP contribution is -2.42. The van der Waals surface area contributed by atoms with Crippen LogP contribution in [0.3, 0.4) is 0 Å². The highest BCUT2D eigenvalue weighted by molar-refractivity contribution is 5.78. The second-order valence-electron chi connectivity index (χ2n) is 6.00. The predicted octanol–water partition coefficient (Wildman–Crippen LogP) is 1.90. The maximum absolute atomic E-state index is 12.3. The van der Waals surface area contributed by atoms with Crippen LogP contribution in [0.4, 0.5) is 0 Å². The minimum absolute atomic E-state index is 0.0197. The third-order valence-electron chi connectivity index (χ3n) is 4.29. The average Bonchev–Trinajstić information content (AvgIpc) is 3.06. The van der Waals surface area contributed by atoms with Gasteiger partial charge in [0, 0.05) is 45.1 Å². The molecule has 6 nitrogen and oxygen atoms in total. The van der Waals surface area contributed by atoms with Crippen molar-refractivity contribution in [1.29, 1.82) is 0 Å². The summed E-state index contributed by atoms with van der Waals surface area (Å²) in [4.78, 5) is 14.1. The molecule has 0 saturated carbocycles. The maximum atomic E-state index is 12.3. The molecule has 2 aromatic rings. The van der Waals surface area contributed by atoms with Crippen molar-refractivity contribution in [3.63, 3.8) is 0 Å². The van der Waals surface area contributed by atoms with Crippen LogP contribution in [0, 0.1) is 6.07 Å². The number of hydrogen-bond donors (Lipinski definition) is 0. The van der Waals surface area contributed by atoms with Gasteiger partial charge in [0.2, 0.25) is 0 Å². The third kappa shape index (κ3) is 3.94. The number of aryl methyl sites for hydroxylation is 1. The zero-order valence-corrected chi connectivity index (χ0v) is 14.1. The molecule has 0 N–H and O–H groups in total. The molecule has 24 heavy (non-hydrogen) atoms. The zero-order valence-electron chi connectivity index (χ0n) is 14.1. The van der Waals surface area contributed by atoms with Crippen LogP contribution in [0.15, 0.2) is 30.6 Å².